The maximum Gasteiger partial charge on any atom is 0.254 e. The van der Waals surface area contributed by atoms with Gasteiger partial charge < -0.3 is 10.4 Å². The zero-order chi connectivity index (χ0) is 13.8. The molecule has 2 rings (SSSR count). The van der Waals surface area contributed by atoms with Crippen molar-refractivity contribution in [1.29, 1.82) is 0 Å². The average molecular weight is 259 g/mol. The van der Waals surface area contributed by atoms with Gasteiger partial charge in [-0.1, -0.05) is 23.8 Å². The minimum absolute atomic E-state index is 0.0279. The van der Waals surface area contributed by atoms with Crippen LogP contribution in [0.1, 0.15) is 21.5 Å². The predicted molar refractivity (Wildman–Crippen MR) is 70.4 cm³/mol. The number of aryl methyl sites for hydroxylation is 1. The molecule has 19 heavy (non-hydrogen) atoms. The number of phenolic OH excluding ortho intramolecular Hbond substituents is 1. The van der Waals surface area contributed by atoms with Crippen LogP contribution in [0, 0.1) is 12.7 Å². The Bertz CT molecular complexity index is 611. The van der Waals surface area contributed by atoms with Crippen LogP contribution in [0.15, 0.2) is 42.5 Å². The zero-order valence-electron chi connectivity index (χ0n) is 10.5. The smallest absolute Gasteiger partial charge is 0.254 e. The third-order valence-corrected chi connectivity index (χ3v) is 2.73. The Labute approximate surface area is 110 Å². The van der Waals surface area contributed by atoms with Crippen LogP contribution in [-0.4, -0.2) is 11.0 Å². The topological polar surface area (TPSA) is 49.3 Å². The second kappa shape index (κ2) is 5.52. The molecule has 0 aromatic heterocycles. The predicted octanol–water partition coefficient (Wildman–Crippen LogP) is 2.77. The van der Waals surface area contributed by atoms with Crippen molar-refractivity contribution in [3.05, 3.63) is 65.0 Å². The fraction of sp³-hybridized carbons (Fsp3) is 0.133. The molecule has 0 fully saturated rings. The van der Waals surface area contributed by atoms with E-state index in [-0.39, 0.29) is 17.9 Å². The molecule has 2 aromatic rings. The van der Waals surface area contributed by atoms with Crippen molar-refractivity contribution in [3.8, 4) is 5.75 Å². The Morgan fingerprint density at radius 2 is 2.05 bits per heavy atom. The van der Waals surface area contributed by atoms with Crippen molar-refractivity contribution in [2.45, 2.75) is 13.5 Å². The van der Waals surface area contributed by atoms with Crippen molar-refractivity contribution in [1.82, 2.24) is 5.32 Å². The summed E-state index contributed by atoms with van der Waals surface area (Å²) in [7, 11) is 0. The molecule has 4 heteroatoms. The molecule has 1 amide bonds. The van der Waals surface area contributed by atoms with Crippen molar-refractivity contribution >= 4 is 5.91 Å². The monoisotopic (exact) mass is 259 g/mol. The number of rotatable bonds is 3. The van der Waals surface area contributed by atoms with Gasteiger partial charge in [0.1, 0.15) is 11.6 Å². The van der Waals surface area contributed by atoms with Gasteiger partial charge in [-0.15, -0.1) is 0 Å². The second-order valence-corrected chi connectivity index (χ2v) is 4.34. The van der Waals surface area contributed by atoms with Crippen LogP contribution in [0.3, 0.4) is 0 Å². The maximum absolute atomic E-state index is 13.5. The van der Waals surface area contributed by atoms with E-state index in [1.807, 2.05) is 0 Å². The highest BCUT2D eigenvalue weighted by molar-refractivity contribution is 5.94. The fourth-order valence-corrected chi connectivity index (χ4v) is 1.76. The lowest BCUT2D eigenvalue weighted by Gasteiger charge is -2.07. The Morgan fingerprint density at radius 3 is 2.79 bits per heavy atom. The summed E-state index contributed by atoms with van der Waals surface area (Å²) in [6, 6.07) is 10.9. The first kappa shape index (κ1) is 13.1. The minimum atomic E-state index is -0.543. The lowest BCUT2D eigenvalue weighted by Crippen LogP contribution is -2.23. The number of carbonyl (C=O) groups excluding carboxylic acids is 1. The standard InChI is InChI=1S/C15H14FNO2/c1-10-5-6-14(16)13(7-10)15(19)17-9-11-3-2-4-12(18)8-11/h2-8,18H,9H2,1H3,(H,17,19). The third-order valence-electron chi connectivity index (χ3n) is 2.73. The number of carbonyl (C=O) groups is 1. The number of hydrogen-bond acceptors (Lipinski definition) is 2. The highest BCUT2D eigenvalue weighted by atomic mass is 19.1. The summed E-state index contributed by atoms with van der Waals surface area (Å²) in [6.45, 7) is 2.03. The van der Waals surface area contributed by atoms with E-state index in [0.29, 0.717) is 0 Å². The van der Waals surface area contributed by atoms with Gasteiger partial charge >= 0.3 is 0 Å². The molecular formula is C15H14FNO2. The maximum atomic E-state index is 13.5. The van der Waals surface area contributed by atoms with E-state index >= 15 is 0 Å². The van der Waals surface area contributed by atoms with Crippen LogP contribution >= 0.6 is 0 Å². The molecule has 0 spiro atoms. The summed E-state index contributed by atoms with van der Waals surface area (Å²) in [5.74, 6) is -0.878. The molecule has 0 aliphatic heterocycles. The molecule has 2 aromatic carbocycles. The zero-order valence-corrected chi connectivity index (χ0v) is 10.5. The molecule has 98 valence electrons. The molecular weight excluding hydrogens is 245 g/mol. The molecule has 0 aliphatic carbocycles. The van der Waals surface area contributed by atoms with Gasteiger partial charge in [0.25, 0.3) is 5.91 Å². The van der Waals surface area contributed by atoms with Crippen LogP contribution in [0.5, 0.6) is 5.75 Å². The largest absolute Gasteiger partial charge is 0.508 e. The summed E-state index contributed by atoms with van der Waals surface area (Å²) >= 11 is 0. The highest BCUT2D eigenvalue weighted by Gasteiger charge is 2.11. The van der Waals surface area contributed by atoms with Gasteiger partial charge in [0.05, 0.1) is 5.56 Å². The van der Waals surface area contributed by atoms with Gasteiger partial charge in [-0.05, 0) is 36.8 Å². The first-order valence-corrected chi connectivity index (χ1v) is 5.88. The van der Waals surface area contributed by atoms with Gasteiger partial charge in [0.15, 0.2) is 0 Å². The van der Waals surface area contributed by atoms with Crippen LogP contribution in [0.4, 0.5) is 4.39 Å². The van der Waals surface area contributed by atoms with Gasteiger partial charge in [0, 0.05) is 6.54 Å². The van der Waals surface area contributed by atoms with Crippen molar-refractivity contribution < 1.29 is 14.3 Å². The Hall–Kier alpha value is -2.36. The number of nitrogens with one attached hydrogen (secondary N) is 1. The molecule has 0 unspecified atom stereocenters. The quantitative estimate of drug-likeness (QED) is 0.890. The van der Waals surface area contributed by atoms with E-state index in [0.717, 1.165) is 11.1 Å². The molecule has 3 nitrogen and oxygen atoms in total. The van der Waals surface area contributed by atoms with E-state index in [9.17, 15) is 14.3 Å². The number of hydrogen-bond donors (Lipinski definition) is 2. The van der Waals surface area contributed by atoms with Crippen LogP contribution in [0.2, 0.25) is 0 Å². The van der Waals surface area contributed by atoms with E-state index in [1.54, 1.807) is 37.3 Å². The lowest BCUT2D eigenvalue weighted by atomic mass is 10.1. The van der Waals surface area contributed by atoms with E-state index in [1.165, 1.54) is 12.1 Å². The summed E-state index contributed by atoms with van der Waals surface area (Å²) < 4.78 is 13.5. The molecule has 0 aliphatic rings. The minimum Gasteiger partial charge on any atom is -0.508 e. The lowest BCUT2D eigenvalue weighted by molar-refractivity contribution is 0.0946. The summed E-state index contributed by atoms with van der Waals surface area (Å²) in [5.41, 5.74) is 1.60. The van der Waals surface area contributed by atoms with Crippen molar-refractivity contribution in [3.63, 3.8) is 0 Å². The third kappa shape index (κ3) is 3.31. The molecule has 0 saturated carbocycles. The number of phenols is 1. The fourth-order valence-electron chi connectivity index (χ4n) is 1.76. The van der Waals surface area contributed by atoms with Crippen LogP contribution in [-0.2, 0) is 6.54 Å². The Balaban J connectivity index is 2.07. The first-order valence-electron chi connectivity index (χ1n) is 5.88. The summed E-state index contributed by atoms with van der Waals surface area (Å²) in [6.07, 6.45) is 0. The van der Waals surface area contributed by atoms with Gasteiger partial charge in [-0.25, -0.2) is 4.39 Å². The van der Waals surface area contributed by atoms with E-state index < -0.39 is 11.7 Å². The first-order chi connectivity index (χ1) is 9.06. The average Bonchev–Trinajstić information content (AvgIpc) is 2.39. The molecule has 0 bridgehead atoms. The SMILES string of the molecule is Cc1ccc(F)c(C(=O)NCc2cccc(O)c2)c1. The number of amides is 1. The molecule has 0 saturated heterocycles. The molecule has 2 N–H and O–H groups in total. The van der Waals surface area contributed by atoms with Crippen molar-refractivity contribution in [2.24, 2.45) is 0 Å². The number of halogens is 1. The van der Waals surface area contributed by atoms with Crippen LogP contribution in [0.25, 0.3) is 0 Å². The molecule has 0 radical (unpaired) electrons. The highest BCUT2D eigenvalue weighted by Crippen LogP contribution is 2.12. The normalized spacial score (nSPS) is 10.2. The Kier molecular flexibility index (Phi) is 3.80. The van der Waals surface area contributed by atoms with Gasteiger partial charge in [-0.2, -0.15) is 0 Å². The van der Waals surface area contributed by atoms with E-state index in [4.69, 9.17) is 0 Å². The summed E-state index contributed by atoms with van der Waals surface area (Å²) in [4.78, 5) is 11.9. The van der Waals surface area contributed by atoms with Gasteiger partial charge in [0.2, 0.25) is 0 Å². The van der Waals surface area contributed by atoms with E-state index in [2.05, 4.69) is 5.32 Å². The second-order valence-electron chi connectivity index (χ2n) is 4.34. The number of benzene rings is 2. The number of aromatic hydroxyl groups is 1. The Morgan fingerprint density at radius 1 is 1.26 bits per heavy atom. The molecule has 0 atom stereocenters. The van der Waals surface area contributed by atoms with Crippen LogP contribution < -0.4 is 5.32 Å². The van der Waals surface area contributed by atoms with Crippen molar-refractivity contribution in [2.75, 3.05) is 0 Å². The summed E-state index contributed by atoms with van der Waals surface area (Å²) in [5, 5.41) is 11.9. The molecule has 0 heterocycles. The van der Waals surface area contributed by atoms with Gasteiger partial charge in [-0.3, -0.25) is 4.79 Å².